The molecule has 2 rings (SSSR count). The van der Waals surface area contributed by atoms with Crippen LogP contribution in [0.25, 0.3) is 0 Å². The van der Waals surface area contributed by atoms with Gasteiger partial charge in [-0.2, -0.15) is 0 Å². The molecule has 1 atom stereocenters. The normalized spacial score (nSPS) is 16.6. The maximum atomic E-state index is 12.9. The first-order valence-corrected chi connectivity index (χ1v) is 5.75. The van der Waals surface area contributed by atoms with Crippen molar-refractivity contribution in [1.82, 2.24) is 0 Å². The lowest BCUT2D eigenvalue weighted by Gasteiger charge is -2.12. The van der Waals surface area contributed by atoms with Crippen molar-refractivity contribution < 1.29 is 9.31 Å². The molecule has 5 heteroatoms. The Morgan fingerprint density at radius 3 is 2.88 bits per heavy atom. The molecule has 1 aromatic rings. The lowest BCUT2D eigenvalue weighted by molar-refractivity contribution is -0.384. The number of benzene rings is 1. The van der Waals surface area contributed by atoms with E-state index in [9.17, 15) is 14.5 Å². The summed E-state index contributed by atoms with van der Waals surface area (Å²) in [7, 11) is 0. The monoisotopic (exact) mass is 238 g/mol. The average molecular weight is 238 g/mol. The van der Waals surface area contributed by atoms with Crippen molar-refractivity contribution in [3.05, 3.63) is 34.1 Å². The fraction of sp³-hybridized carbons (Fsp3) is 0.500. The molecular formula is C12H15FN2O2. The van der Waals surface area contributed by atoms with E-state index in [1.54, 1.807) is 0 Å². The summed E-state index contributed by atoms with van der Waals surface area (Å²) < 4.78 is 12.9. The third-order valence-corrected chi connectivity index (χ3v) is 3.20. The summed E-state index contributed by atoms with van der Waals surface area (Å²) in [5, 5.41) is 13.8. The van der Waals surface area contributed by atoms with E-state index in [4.69, 9.17) is 0 Å². The number of anilines is 1. The van der Waals surface area contributed by atoms with E-state index in [0.29, 0.717) is 18.2 Å². The second-order valence-corrected chi connectivity index (χ2v) is 4.61. The van der Waals surface area contributed by atoms with Crippen molar-refractivity contribution in [2.45, 2.75) is 19.8 Å². The van der Waals surface area contributed by atoms with E-state index >= 15 is 0 Å². The van der Waals surface area contributed by atoms with Gasteiger partial charge in [-0.05, 0) is 36.8 Å². The number of nitro groups is 1. The highest BCUT2D eigenvalue weighted by atomic mass is 19.1. The van der Waals surface area contributed by atoms with Gasteiger partial charge in [0.05, 0.1) is 11.0 Å². The predicted molar refractivity (Wildman–Crippen MR) is 63.4 cm³/mol. The topological polar surface area (TPSA) is 55.2 Å². The van der Waals surface area contributed by atoms with Crippen LogP contribution in [0.4, 0.5) is 15.8 Å². The van der Waals surface area contributed by atoms with Crippen LogP contribution in [0, 0.1) is 27.8 Å². The van der Waals surface area contributed by atoms with Gasteiger partial charge in [-0.3, -0.25) is 10.1 Å². The summed E-state index contributed by atoms with van der Waals surface area (Å²) in [5.41, 5.74) is 0.192. The quantitative estimate of drug-likeness (QED) is 0.633. The van der Waals surface area contributed by atoms with Crippen LogP contribution >= 0.6 is 0 Å². The van der Waals surface area contributed by atoms with Crippen molar-refractivity contribution in [3.63, 3.8) is 0 Å². The van der Waals surface area contributed by atoms with Crippen LogP contribution in [0.2, 0.25) is 0 Å². The molecule has 1 aliphatic carbocycles. The molecule has 0 aromatic heterocycles. The molecule has 17 heavy (non-hydrogen) atoms. The number of nitrogens with one attached hydrogen (secondary N) is 1. The van der Waals surface area contributed by atoms with E-state index in [1.165, 1.54) is 25.0 Å². The largest absolute Gasteiger partial charge is 0.379 e. The molecule has 1 aromatic carbocycles. The van der Waals surface area contributed by atoms with Crippen LogP contribution in [0.5, 0.6) is 0 Å². The minimum absolute atomic E-state index is 0.201. The number of nitrogens with zero attached hydrogens (tertiary/aromatic N) is 1. The maximum Gasteiger partial charge on any atom is 0.295 e. The van der Waals surface area contributed by atoms with E-state index in [0.717, 1.165) is 12.0 Å². The fourth-order valence-electron chi connectivity index (χ4n) is 1.91. The molecule has 1 aliphatic rings. The molecule has 0 heterocycles. The Morgan fingerprint density at radius 1 is 1.59 bits per heavy atom. The van der Waals surface area contributed by atoms with Gasteiger partial charge in [0, 0.05) is 6.54 Å². The van der Waals surface area contributed by atoms with Crippen molar-refractivity contribution >= 4 is 11.4 Å². The summed E-state index contributed by atoms with van der Waals surface area (Å²) in [6.45, 7) is 2.82. The van der Waals surface area contributed by atoms with Gasteiger partial charge in [0.15, 0.2) is 0 Å². The van der Waals surface area contributed by atoms with Crippen molar-refractivity contribution in [2.24, 2.45) is 11.8 Å². The zero-order chi connectivity index (χ0) is 12.4. The van der Waals surface area contributed by atoms with Gasteiger partial charge in [0.1, 0.15) is 11.5 Å². The molecule has 1 fully saturated rings. The smallest absolute Gasteiger partial charge is 0.295 e. The highest BCUT2D eigenvalue weighted by molar-refractivity contribution is 5.61. The summed E-state index contributed by atoms with van der Waals surface area (Å²) in [4.78, 5) is 10.2. The Bertz CT molecular complexity index is 433. The number of rotatable bonds is 5. The third kappa shape index (κ3) is 2.93. The standard InChI is InChI=1S/C12H15FN2O2/c1-8(9-2-3-9)7-14-11-5-4-10(13)6-12(11)15(16)17/h4-6,8-9,14H,2-3,7H2,1H3. The van der Waals surface area contributed by atoms with Crippen LogP contribution in [0.3, 0.4) is 0 Å². The van der Waals surface area contributed by atoms with Gasteiger partial charge in [-0.15, -0.1) is 0 Å². The number of hydrogen-bond donors (Lipinski definition) is 1. The van der Waals surface area contributed by atoms with Crippen LogP contribution < -0.4 is 5.32 Å². The van der Waals surface area contributed by atoms with Gasteiger partial charge in [0.25, 0.3) is 5.69 Å². The Balaban J connectivity index is 2.06. The first-order chi connectivity index (χ1) is 8.08. The Hall–Kier alpha value is -1.65. The van der Waals surface area contributed by atoms with Crippen LogP contribution in [0.1, 0.15) is 19.8 Å². The second-order valence-electron chi connectivity index (χ2n) is 4.61. The Labute approximate surface area is 99.0 Å². The summed E-state index contributed by atoms with van der Waals surface area (Å²) >= 11 is 0. The van der Waals surface area contributed by atoms with Gasteiger partial charge < -0.3 is 5.32 Å². The number of hydrogen-bond acceptors (Lipinski definition) is 3. The van der Waals surface area contributed by atoms with Crippen molar-refractivity contribution in [2.75, 3.05) is 11.9 Å². The minimum atomic E-state index is -0.586. The van der Waals surface area contributed by atoms with Gasteiger partial charge in [0.2, 0.25) is 0 Å². The van der Waals surface area contributed by atoms with E-state index < -0.39 is 10.7 Å². The Kier molecular flexibility index (Phi) is 3.26. The zero-order valence-electron chi connectivity index (χ0n) is 9.65. The van der Waals surface area contributed by atoms with E-state index in [1.807, 2.05) is 0 Å². The zero-order valence-corrected chi connectivity index (χ0v) is 9.65. The highest BCUT2D eigenvalue weighted by Crippen LogP contribution is 2.37. The molecule has 0 spiro atoms. The summed E-state index contributed by atoms with van der Waals surface area (Å²) in [5.74, 6) is 0.652. The van der Waals surface area contributed by atoms with Crippen molar-refractivity contribution in [1.29, 1.82) is 0 Å². The molecule has 4 nitrogen and oxygen atoms in total. The van der Waals surface area contributed by atoms with Gasteiger partial charge in [-0.25, -0.2) is 4.39 Å². The second kappa shape index (κ2) is 4.69. The molecule has 92 valence electrons. The molecule has 1 unspecified atom stereocenters. The van der Waals surface area contributed by atoms with E-state index in [-0.39, 0.29) is 5.69 Å². The van der Waals surface area contributed by atoms with Crippen molar-refractivity contribution in [3.8, 4) is 0 Å². The molecule has 1 saturated carbocycles. The predicted octanol–water partition coefficient (Wildman–Crippen LogP) is 3.19. The molecule has 0 saturated heterocycles. The first kappa shape index (κ1) is 11.8. The molecule has 0 amide bonds. The first-order valence-electron chi connectivity index (χ1n) is 5.75. The molecule has 1 N–H and O–H groups in total. The lowest BCUT2D eigenvalue weighted by Crippen LogP contribution is -2.13. The van der Waals surface area contributed by atoms with Crippen LogP contribution in [0.15, 0.2) is 18.2 Å². The van der Waals surface area contributed by atoms with Gasteiger partial charge in [-0.1, -0.05) is 6.92 Å². The third-order valence-electron chi connectivity index (χ3n) is 3.20. The Morgan fingerprint density at radius 2 is 2.29 bits per heavy atom. The number of nitro benzene ring substituents is 1. The number of halogens is 1. The van der Waals surface area contributed by atoms with Gasteiger partial charge >= 0.3 is 0 Å². The van der Waals surface area contributed by atoms with Crippen LogP contribution in [-0.4, -0.2) is 11.5 Å². The molecule has 0 bridgehead atoms. The van der Waals surface area contributed by atoms with Crippen LogP contribution in [-0.2, 0) is 0 Å². The molecular weight excluding hydrogens is 223 g/mol. The fourth-order valence-corrected chi connectivity index (χ4v) is 1.91. The SMILES string of the molecule is CC(CNc1ccc(F)cc1[N+](=O)[O-])C1CC1. The van der Waals surface area contributed by atoms with E-state index in [2.05, 4.69) is 12.2 Å². The summed E-state index contributed by atoms with van der Waals surface area (Å²) in [6.07, 6.45) is 2.49. The lowest BCUT2D eigenvalue weighted by atomic mass is 10.1. The maximum absolute atomic E-state index is 12.9. The molecule has 0 aliphatic heterocycles. The highest BCUT2D eigenvalue weighted by Gasteiger charge is 2.28. The average Bonchev–Trinajstić information content (AvgIpc) is 3.10. The molecule has 0 radical (unpaired) electrons. The summed E-state index contributed by atoms with van der Waals surface area (Å²) in [6, 6.07) is 3.61. The minimum Gasteiger partial charge on any atom is -0.379 e.